The lowest BCUT2D eigenvalue weighted by atomic mass is 10.1. The van der Waals surface area contributed by atoms with E-state index in [1.165, 1.54) is 25.0 Å². The molecule has 0 spiro atoms. The molecule has 0 saturated heterocycles. The Bertz CT molecular complexity index is 488. The van der Waals surface area contributed by atoms with Crippen molar-refractivity contribution in [2.24, 2.45) is 10.9 Å². The average Bonchev–Trinajstić information content (AvgIpc) is 2.98. The Kier molecular flexibility index (Phi) is 5.95. The molecule has 0 radical (unpaired) electrons. The summed E-state index contributed by atoms with van der Waals surface area (Å²) in [6, 6.07) is 4.36. The van der Waals surface area contributed by atoms with Crippen LogP contribution in [0.25, 0.3) is 0 Å². The zero-order valence-electron chi connectivity index (χ0n) is 12.0. The van der Waals surface area contributed by atoms with E-state index < -0.39 is 5.82 Å². The number of hydrogen-bond acceptors (Lipinski definition) is 4. The van der Waals surface area contributed by atoms with Gasteiger partial charge in [0.1, 0.15) is 5.82 Å². The van der Waals surface area contributed by atoms with E-state index in [-0.39, 0.29) is 5.84 Å². The second-order valence-corrected chi connectivity index (χ2v) is 5.29. The summed E-state index contributed by atoms with van der Waals surface area (Å²) in [7, 11) is 0. The normalized spacial score (nSPS) is 16.5. The van der Waals surface area contributed by atoms with Gasteiger partial charge in [-0.05, 0) is 36.6 Å². The minimum Gasteiger partial charge on any atom is -0.409 e. The first-order chi connectivity index (χ1) is 10.2. The van der Waals surface area contributed by atoms with E-state index in [0.717, 1.165) is 18.4 Å². The highest BCUT2D eigenvalue weighted by Gasteiger charge is 2.14. The zero-order chi connectivity index (χ0) is 15.1. The van der Waals surface area contributed by atoms with Crippen molar-refractivity contribution >= 4 is 5.84 Å². The van der Waals surface area contributed by atoms with Crippen LogP contribution in [0, 0.1) is 5.82 Å². The molecule has 21 heavy (non-hydrogen) atoms. The van der Waals surface area contributed by atoms with Crippen molar-refractivity contribution in [1.29, 1.82) is 0 Å². The number of rotatable bonds is 7. The molecule has 1 aromatic rings. The van der Waals surface area contributed by atoms with E-state index in [1.807, 2.05) is 0 Å². The van der Waals surface area contributed by atoms with Crippen molar-refractivity contribution in [3.63, 3.8) is 0 Å². The molecule has 6 heteroatoms. The molecule has 1 aliphatic rings. The van der Waals surface area contributed by atoms with Crippen molar-refractivity contribution in [2.45, 2.75) is 38.3 Å². The van der Waals surface area contributed by atoms with Gasteiger partial charge in [-0.15, -0.1) is 0 Å². The van der Waals surface area contributed by atoms with Crippen LogP contribution in [0.2, 0.25) is 0 Å². The molecule has 4 N–H and O–H groups in total. The first-order valence-corrected chi connectivity index (χ1v) is 7.28. The molecule has 1 fully saturated rings. The van der Waals surface area contributed by atoms with Crippen LogP contribution in [-0.4, -0.2) is 30.3 Å². The van der Waals surface area contributed by atoms with Crippen LogP contribution >= 0.6 is 0 Å². The largest absolute Gasteiger partial charge is 0.409 e. The molecule has 2 rings (SSSR count). The number of halogens is 1. The van der Waals surface area contributed by atoms with Gasteiger partial charge < -0.3 is 21.0 Å². The highest BCUT2D eigenvalue weighted by molar-refractivity contribution is 5.97. The summed E-state index contributed by atoms with van der Waals surface area (Å²) in [6.45, 7) is 1.89. The van der Waals surface area contributed by atoms with Gasteiger partial charge in [-0.25, -0.2) is 4.39 Å². The number of hydrogen-bond donors (Lipinski definition) is 3. The molecule has 0 aliphatic heterocycles. The third-order valence-corrected chi connectivity index (χ3v) is 3.62. The maximum absolute atomic E-state index is 13.5. The summed E-state index contributed by atoms with van der Waals surface area (Å²) >= 11 is 0. The van der Waals surface area contributed by atoms with E-state index in [0.29, 0.717) is 31.4 Å². The van der Waals surface area contributed by atoms with E-state index in [4.69, 9.17) is 15.7 Å². The number of benzene rings is 1. The Labute approximate surface area is 124 Å². The monoisotopic (exact) mass is 295 g/mol. The molecular formula is C15H22FN3O2. The summed E-state index contributed by atoms with van der Waals surface area (Å²) in [5.74, 6) is -0.501. The first-order valence-electron chi connectivity index (χ1n) is 7.28. The molecule has 116 valence electrons. The van der Waals surface area contributed by atoms with E-state index in [9.17, 15) is 4.39 Å². The van der Waals surface area contributed by atoms with Crippen LogP contribution in [0.1, 0.15) is 36.8 Å². The van der Waals surface area contributed by atoms with Gasteiger partial charge in [0, 0.05) is 18.7 Å². The second-order valence-electron chi connectivity index (χ2n) is 5.29. The van der Waals surface area contributed by atoms with Crippen molar-refractivity contribution in [3.05, 3.63) is 35.1 Å². The molecule has 1 aliphatic carbocycles. The predicted octanol–water partition coefficient (Wildman–Crippen LogP) is 1.97. The molecule has 0 aromatic heterocycles. The fraction of sp³-hybridized carbons (Fsp3) is 0.533. The maximum atomic E-state index is 13.5. The average molecular weight is 295 g/mol. The lowest BCUT2D eigenvalue weighted by molar-refractivity contribution is 0.0602. The molecule has 0 heterocycles. The number of amidine groups is 1. The van der Waals surface area contributed by atoms with Crippen molar-refractivity contribution < 1.29 is 14.3 Å². The van der Waals surface area contributed by atoms with Gasteiger partial charge in [0.05, 0.1) is 12.7 Å². The predicted molar refractivity (Wildman–Crippen MR) is 78.8 cm³/mol. The molecule has 5 nitrogen and oxygen atoms in total. The van der Waals surface area contributed by atoms with Crippen LogP contribution in [0.3, 0.4) is 0 Å². The minimum atomic E-state index is -0.405. The van der Waals surface area contributed by atoms with Gasteiger partial charge in [0.15, 0.2) is 5.84 Å². The van der Waals surface area contributed by atoms with Crippen LogP contribution in [0.4, 0.5) is 4.39 Å². The van der Waals surface area contributed by atoms with Crippen LogP contribution < -0.4 is 11.1 Å². The Morgan fingerprint density at radius 1 is 1.38 bits per heavy atom. The van der Waals surface area contributed by atoms with Crippen molar-refractivity contribution in [2.75, 3.05) is 13.2 Å². The van der Waals surface area contributed by atoms with Gasteiger partial charge in [-0.3, -0.25) is 0 Å². The highest BCUT2D eigenvalue weighted by atomic mass is 19.1. The SMILES string of the molecule is N/C(=N/O)c1cc(F)cc(CNCCOC2CCCC2)c1. The summed E-state index contributed by atoms with van der Waals surface area (Å²) in [5.41, 5.74) is 6.59. The summed E-state index contributed by atoms with van der Waals surface area (Å²) in [5, 5.41) is 14.7. The topological polar surface area (TPSA) is 79.9 Å². The van der Waals surface area contributed by atoms with Crippen molar-refractivity contribution in [1.82, 2.24) is 5.32 Å². The minimum absolute atomic E-state index is 0.0969. The molecular weight excluding hydrogens is 273 g/mol. The van der Waals surface area contributed by atoms with E-state index in [1.54, 1.807) is 6.07 Å². The number of nitrogens with two attached hydrogens (primary N) is 1. The fourth-order valence-corrected chi connectivity index (χ4v) is 2.54. The first kappa shape index (κ1) is 15.7. The lowest BCUT2D eigenvalue weighted by Gasteiger charge is -2.12. The standard InChI is InChI=1S/C15H22FN3O2/c16-13-8-11(7-12(9-13)15(17)19-20)10-18-5-6-21-14-3-1-2-4-14/h7-9,14,18,20H,1-6,10H2,(H2,17,19). The molecule has 0 bridgehead atoms. The van der Waals surface area contributed by atoms with Gasteiger partial charge >= 0.3 is 0 Å². The Morgan fingerprint density at radius 2 is 2.14 bits per heavy atom. The number of nitrogens with one attached hydrogen (secondary N) is 1. The number of ether oxygens (including phenoxy) is 1. The Morgan fingerprint density at radius 3 is 2.86 bits per heavy atom. The number of oxime groups is 1. The molecule has 0 atom stereocenters. The van der Waals surface area contributed by atoms with E-state index in [2.05, 4.69) is 10.5 Å². The summed E-state index contributed by atoms with van der Waals surface area (Å²) < 4.78 is 19.2. The van der Waals surface area contributed by atoms with Gasteiger partial charge in [0.2, 0.25) is 0 Å². The quantitative estimate of drug-likeness (QED) is 0.236. The number of nitrogens with zero attached hydrogens (tertiary/aromatic N) is 1. The zero-order valence-corrected chi connectivity index (χ0v) is 12.0. The third-order valence-electron chi connectivity index (χ3n) is 3.62. The molecule has 1 aromatic carbocycles. The molecule has 0 amide bonds. The van der Waals surface area contributed by atoms with Gasteiger partial charge in [-0.2, -0.15) is 0 Å². The molecule has 0 unspecified atom stereocenters. The Hall–Kier alpha value is -1.66. The fourth-order valence-electron chi connectivity index (χ4n) is 2.54. The summed E-state index contributed by atoms with van der Waals surface area (Å²) in [4.78, 5) is 0. The third kappa shape index (κ3) is 4.99. The van der Waals surface area contributed by atoms with Gasteiger partial charge in [0.25, 0.3) is 0 Å². The lowest BCUT2D eigenvalue weighted by Crippen LogP contribution is -2.22. The van der Waals surface area contributed by atoms with Gasteiger partial charge in [-0.1, -0.05) is 18.0 Å². The smallest absolute Gasteiger partial charge is 0.170 e. The Balaban J connectivity index is 1.76. The maximum Gasteiger partial charge on any atom is 0.170 e. The van der Waals surface area contributed by atoms with E-state index >= 15 is 0 Å². The summed E-state index contributed by atoms with van der Waals surface area (Å²) in [6.07, 6.45) is 5.25. The van der Waals surface area contributed by atoms with Crippen LogP contribution in [-0.2, 0) is 11.3 Å². The highest BCUT2D eigenvalue weighted by Crippen LogP contribution is 2.20. The van der Waals surface area contributed by atoms with Crippen LogP contribution in [0.15, 0.2) is 23.4 Å². The second kappa shape index (κ2) is 7.95. The van der Waals surface area contributed by atoms with Crippen LogP contribution in [0.5, 0.6) is 0 Å². The molecule has 1 saturated carbocycles. The van der Waals surface area contributed by atoms with Crippen molar-refractivity contribution in [3.8, 4) is 0 Å².